The molecule has 0 saturated carbocycles. The maximum absolute atomic E-state index is 12.0. The number of hydrogen-bond donors (Lipinski definition) is 1. The molecule has 2 aromatic heterocycles. The zero-order chi connectivity index (χ0) is 17.8. The number of H-pyrrole nitrogens is 1. The van der Waals surface area contributed by atoms with Crippen LogP contribution >= 0.6 is 23.7 Å². The molecule has 1 aliphatic rings. The average Bonchev–Trinajstić information content (AvgIpc) is 3.09. The van der Waals surface area contributed by atoms with E-state index in [9.17, 15) is 4.79 Å². The van der Waals surface area contributed by atoms with Crippen molar-refractivity contribution in [2.45, 2.75) is 59.4 Å². The normalized spacial score (nSPS) is 13.9. The molecule has 142 valence electrons. The molecule has 26 heavy (non-hydrogen) atoms. The summed E-state index contributed by atoms with van der Waals surface area (Å²) >= 11 is 1.84. The second-order valence-corrected chi connectivity index (χ2v) is 7.91. The molecule has 0 fully saturated rings. The maximum atomic E-state index is 12.0. The first kappa shape index (κ1) is 20.8. The highest BCUT2D eigenvalue weighted by molar-refractivity contribution is 7.15. The predicted molar refractivity (Wildman–Crippen MR) is 114 cm³/mol. The van der Waals surface area contributed by atoms with Gasteiger partial charge >= 0.3 is 0 Å². The molecular weight excluding hydrogens is 364 g/mol. The van der Waals surface area contributed by atoms with Gasteiger partial charge in [-0.05, 0) is 64.2 Å². The first-order chi connectivity index (χ1) is 12.1. The second-order valence-electron chi connectivity index (χ2n) is 6.74. The Kier molecular flexibility index (Phi) is 7.54. The third-order valence-electron chi connectivity index (χ3n) is 5.02. The van der Waals surface area contributed by atoms with Crippen LogP contribution in [0.4, 0.5) is 0 Å². The first-order valence-electron chi connectivity index (χ1n) is 9.38. The number of aromatic amines is 1. The van der Waals surface area contributed by atoms with E-state index in [-0.39, 0.29) is 18.0 Å². The summed E-state index contributed by atoms with van der Waals surface area (Å²) < 4.78 is 0. The van der Waals surface area contributed by atoms with Gasteiger partial charge in [0.15, 0.2) is 0 Å². The van der Waals surface area contributed by atoms with Gasteiger partial charge in [-0.2, -0.15) is 0 Å². The van der Waals surface area contributed by atoms with Crippen LogP contribution in [0.25, 0.3) is 10.4 Å². The number of allylic oxidation sites excluding steroid dienone is 2. The van der Waals surface area contributed by atoms with E-state index in [0.29, 0.717) is 0 Å². The Morgan fingerprint density at radius 2 is 2.04 bits per heavy atom. The monoisotopic (exact) mass is 392 g/mol. The lowest BCUT2D eigenvalue weighted by molar-refractivity contribution is 0.334. The highest BCUT2D eigenvalue weighted by Crippen LogP contribution is 2.32. The van der Waals surface area contributed by atoms with Crippen LogP contribution in [0.5, 0.6) is 0 Å². The number of aryl methyl sites for hydroxylation is 2. The third-order valence-corrected chi connectivity index (χ3v) is 6.13. The molecule has 0 amide bonds. The van der Waals surface area contributed by atoms with E-state index in [1.165, 1.54) is 41.1 Å². The Bertz CT molecular complexity index is 822. The number of hydrogen-bond acceptors (Lipinski definition) is 3. The molecule has 3 nitrogen and oxygen atoms in total. The molecule has 2 heterocycles. The lowest BCUT2D eigenvalue weighted by Gasteiger charge is -2.27. The summed E-state index contributed by atoms with van der Waals surface area (Å²) in [7, 11) is 0. The average molecular weight is 393 g/mol. The van der Waals surface area contributed by atoms with Crippen molar-refractivity contribution in [2.75, 3.05) is 6.54 Å². The standard InChI is InChI=1S/C21H28N2OS.ClH/c1-4-16-13-19(15(3)22-21(16)24)20-12-11-18(25-20)14-23(5-2)17-9-7-6-8-10-17;/h9,11-13H,4-8,10,14H2,1-3H3,(H,22,24);1H. The molecule has 1 N–H and O–H groups in total. The second kappa shape index (κ2) is 9.43. The van der Waals surface area contributed by atoms with Crippen LogP contribution in [0.2, 0.25) is 0 Å². The van der Waals surface area contributed by atoms with Crippen molar-refractivity contribution in [3.8, 4) is 10.4 Å². The van der Waals surface area contributed by atoms with Crippen LogP contribution in [0, 0.1) is 6.92 Å². The maximum Gasteiger partial charge on any atom is 0.251 e. The lowest BCUT2D eigenvalue weighted by Crippen LogP contribution is -2.22. The topological polar surface area (TPSA) is 36.1 Å². The van der Waals surface area contributed by atoms with Crippen molar-refractivity contribution in [1.29, 1.82) is 0 Å². The van der Waals surface area contributed by atoms with E-state index in [2.05, 4.69) is 41.1 Å². The minimum Gasteiger partial charge on any atom is -0.370 e. The van der Waals surface area contributed by atoms with Gasteiger partial charge in [0.2, 0.25) is 0 Å². The molecule has 0 atom stereocenters. The number of rotatable bonds is 6. The van der Waals surface area contributed by atoms with Crippen LogP contribution < -0.4 is 5.56 Å². The van der Waals surface area contributed by atoms with Crippen LogP contribution in [-0.2, 0) is 13.0 Å². The van der Waals surface area contributed by atoms with E-state index in [0.717, 1.165) is 36.3 Å². The van der Waals surface area contributed by atoms with Crippen LogP contribution in [-0.4, -0.2) is 16.4 Å². The van der Waals surface area contributed by atoms with Gasteiger partial charge in [0.25, 0.3) is 5.56 Å². The molecule has 5 heteroatoms. The van der Waals surface area contributed by atoms with E-state index in [1.54, 1.807) is 0 Å². The predicted octanol–water partition coefficient (Wildman–Crippen LogP) is 5.68. The Labute approximate surface area is 166 Å². The molecular formula is C21H29ClN2OS. The Morgan fingerprint density at radius 1 is 1.23 bits per heavy atom. The summed E-state index contributed by atoms with van der Waals surface area (Å²) in [6.07, 6.45) is 8.26. The van der Waals surface area contributed by atoms with Crippen molar-refractivity contribution < 1.29 is 0 Å². The fourth-order valence-electron chi connectivity index (χ4n) is 3.51. The van der Waals surface area contributed by atoms with E-state index >= 15 is 0 Å². The molecule has 0 radical (unpaired) electrons. The minimum absolute atomic E-state index is 0. The zero-order valence-electron chi connectivity index (χ0n) is 15.9. The SMILES string of the molecule is CCc1cc(-c2ccc(CN(CC)C3=CCCCC3)s2)c(C)[nH]c1=O.Cl. The zero-order valence-corrected chi connectivity index (χ0v) is 17.6. The van der Waals surface area contributed by atoms with Gasteiger partial charge in [0, 0.05) is 38.8 Å². The molecule has 3 rings (SSSR count). The van der Waals surface area contributed by atoms with Crippen molar-refractivity contribution >= 4 is 23.7 Å². The Balaban J connectivity index is 0.00000243. The van der Waals surface area contributed by atoms with Gasteiger partial charge in [0.05, 0.1) is 6.54 Å². The highest BCUT2D eigenvalue weighted by atomic mass is 35.5. The number of aromatic nitrogens is 1. The smallest absolute Gasteiger partial charge is 0.251 e. The van der Waals surface area contributed by atoms with Gasteiger partial charge in [-0.25, -0.2) is 0 Å². The van der Waals surface area contributed by atoms with Gasteiger partial charge in [0.1, 0.15) is 0 Å². The summed E-state index contributed by atoms with van der Waals surface area (Å²) in [6, 6.07) is 6.50. The molecule has 0 bridgehead atoms. The van der Waals surface area contributed by atoms with Gasteiger partial charge in [-0.3, -0.25) is 4.79 Å². The molecule has 2 aromatic rings. The molecule has 0 aliphatic heterocycles. The van der Waals surface area contributed by atoms with Crippen LogP contribution in [0.1, 0.15) is 55.7 Å². The fourth-order valence-corrected chi connectivity index (χ4v) is 4.60. The Morgan fingerprint density at radius 3 is 2.69 bits per heavy atom. The summed E-state index contributed by atoms with van der Waals surface area (Å²) in [5.41, 5.74) is 4.53. The molecule has 0 saturated heterocycles. The number of halogens is 1. The largest absolute Gasteiger partial charge is 0.370 e. The van der Waals surface area contributed by atoms with E-state index < -0.39 is 0 Å². The fraction of sp³-hybridized carbons (Fsp3) is 0.476. The van der Waals surface area contributed by atoms with Gasteiger partial charge in [-0.15, -0.1) is 23.7 Å². The van der Waals surface area contributed by atoms with Crippen molar-refractivity contribution in [2.24, 2.45) is 0 Å². The van der Waals surface area contributed by atoms with Crippen LogP contribution in [0.15, 0.2) is 34.8 Å². The van der Waals surface area contributed by atoms with E-state index in [4.69, 9.17) is 0 Å². The summed E-state index contributed by atoms with van der Waals surface area (Å²) in [6.45, 7) is 8.29. The quantitative estimate of drug-likeness (QED) is 0.686. The molecule has 1 aliphatic carbocycles. The third kappa shape index (κ3) is 4.60. The van der Waals surface area contributed by atoms with Crippen molar-refractivity contribution in [3.05, 3.63) is 56.5 Å². The summed E-state index contributed by atoms with van der Waals surface area (Å²) in [4.78, 5) is 20.1. The summed E-state index contributed by atoms with van der Waals surface area (Å²) in [5.74, 6) is 0. The van der Waals surface area contributed by atoms with Gasteiger partial charge < -0.3 is 9.88 Å². The number of thiophene rings is 1. The number of nitrogens with zero attached hydrogens (tertiary/aromatic N) is 1. The molecule has 0 spiro atoms. The summed E-state index contributed by atoms with van der Waals surface area (Å²) in [5, 5.41) is 0. The number of pyridine rings is 1. The molecule has 0 unspecified atom stereocenters. The van der Waals surface area contributed by atoms with Gasteiger partial charge in [-0.1, -0.05) is 13.0 Å². The lowest BCUT2D eigenvalue weighted by atomic mass is 10.0. The minimum atomic E-state index is 0. The number of nitrogens with one attached hydrogen (secondary N) is 1. The van der Waals surface area contributed by atoms with Crippen molar-refractivity contribution in [3.63, 3.8) is 0 Å². The van der Waals surface area contributed by atoms with E-state index in [1.807, 2.05) is 25.2 Å². The van der Waals surface area contributed by atoms with Crippen molar-refractivity contribution in [1.82, 2.24) is 9.88 Å². The molecule has 0 aromatic carbocycles. The highest BCUT2D eigenvalue weighted by Gasteiger charge is 2.14. The Hall–Kier alpha value is -1.52. The first-order valence-corrected chi connectivity index (χ1v) is 10.2. The van der Waals surface area contributed by atoms with Crippen LogP contribution in [0.3, 0.4) is 0 Å².